The van der Waals surface area contributed by atoms with Crippen molar-refractivity contribution >= 4 is 49.0 Å². The van der Waals surface area contributed by atoms with E-state index in [4.69, 9.17) is 42.7 Å². The molecule has 1 fully saturated rings. The predicted octanol–water partition coefficient (Wildman–Crippen LogP) is 11.6. The average Bonchev–Trinajstić information content (AvgIpc) is 4.24. The van der Waals surface area contributed by atoms with Crippen molar-refractivity contribution in [2.24, 2.45) is 0 Å². The summed E-state index contributed by atoms with van der Waals surface area (Å²) in [6.07, 6.45) is -6.46. The number of amides is 2. The number of nitrogens with zero attached hydrogens (tertiary/aromatic N) is 7. The number of nitriles is 1. The maximum absolute atomic E-state index is 14.5. The van der Waals surface area contributed by atoms with Crippen LogP contribution in [0, 0.1) is 11.3 Å². The number of carbonyl (C=O) groups excluding carboxylic acids is 2. The van der Waals surface area contributed by atoms with Gasteiger partial charge in [-0.3, -0.25) is 9.36 Å². The number of carbonyl (C=O) groups is 2. The number of halogens is 3. The Morgan fingerprint density at radius 3 is 1.90 bits per heavy atom. The Kier molecular flexibility index (Phi) is 19.7. The van der Waals surface area contributed by atoms with Crippen LogP contribution in [0.15, 0.2) is 146 Å². The van der Waals surface area contributed by atoms with Crippen molar-refractivity contribution < 1.29 is 55.5 Å². The molecule has 0 spiro atoms. The van der Waals surface area contributed by atoms with Gasteiger partial charge in [0.25, 0.3) is 14.4 Å². The van der Waals surface area contributed by atoms with E-state index in [1.165, 1.54) is 11.2 Å². The SMILES string of the molecule is COc1ccc(C(OC[C@H]2O[C@@H](n3cnc4c(OC(=O)N(c5ccccc5)c5ccccc5)nc(NCCCNC(=O)C(F)(F)F)nc43)C[C@@H]2OP(OCCC#N)N(C(C)C)C(C)C)(c2ccccc2)c2ccc(OC)cc2)cc1. The maximum Gasteiger partial charge on any atom is 0.471 e. The van der Waals surface area contributed by atoms with Gasteiger partial charge in [-0.2, -0.15) is 28.4 Å². The van der Waals surface area contributed by atoms with Crippen LogP contribution in [0.2, 0.25) is 0 Å². The lowest BCUT2D eigenvalue weighted by atomic mass is 9.80. The summed E-state index contributed by atoms with van der Waals surface area (Å²) in [5.74, 6) is -1.06. The van der Waals surface area contributed by atoms with Gasteiger partial charge in [0.1, 0.15) is 29.4 Å². The summed E-state index contributed by atoms with van der Waals surface area (Å²) in [4.78, 5) is 41.5. The van der Waals surface area contributed by atoms with E-state index < -0.39 is 50.7 Å². The van der Waals surface area contributed by atoms with Gasteiger partial charge in [0.05, 0.1) is 63.7 Å². The van der Waals surface area contributed by atoms with E-state index in [1.807, 2.05) is 124 Å². The second-order valence-corrected chi connectivity index (χ2v) is 20.4. The summed E-state index contributed by atoms with van der Waals surface area (Å²) in [5.41, 5.74) is 2.38. The minimum absolute atomic E-state index is 0.00366. The smallest absolute Gasteiger partial charge is 0.471 e. The van der Waals surface area contributed by atoms with Crippen LogP contribution >= 0.6 is 8.53 Å². The van der Waals surface area contributed by atoms with E-state index in [1.54, 1.807) is 67.3 Å². The zero-order valence-corrected chi connectivity index (χ0v) is 46.0. The fraction of sp³-hybridized carbons (Fsp3) is 0.345. The van der Waals surface area contributed by atoms with Crippen LogP contribution in [0.5, 0.6) is 17.4 Å². The molecule has 1 aliphatic rings. The number of hydrogen-bond acceptors (Lipinski definition) is 15. The molecule has 420 valence electrons. The molecular formula is C58H63F3N9O9P. The number of para-hydroxylation sites is 2. The molecule has 0 saturated carbocycles. The highest BCUT2D eigenvalue weighted by atomic mass is 31.2. The number of fused-ring (bicyclic) bond motifs is 1. The molecule has 5 aromatic carbocycles. The highest BCUT2D eigenvalue weighted by Gasteiger charge is 2.46. The van der Waals surface area contributed by atoms with Crippen molar-refractivity contribution in [2.75, 3.05) is 50.7 Å². The molecule has 0 radical (unpaired) electrons. The quantitative estimate of drug-likeness (QED) is 0.0311. The van der Waals surface area contributed by atoms with Gasteiger partial charge < -0.3 is 43.4 Å². The summed E-state index contributed by atoms with van der Waals surface area (Å²) >= 11 is 0. The van der Waals surface area contributed by atoms with E-state index in [0.29, 0.717) is 22.9 Å². The van der Waals surface area contributed by atoms with E-state index in [2.05, 4.69) is 21.0 Å². The molecule has 1 unspecified atom stereocenters. The zero-order chi connectivity index (χ0) is 56.8. The number of nitrogens with one attached hydrogen (secondary N) is 2. The second kappa shape index (κ2) is 27.0. The number of alkyl halides is 3. The largest absolute Gasteiger partial charge is 0.497 e. The molecule has 3 heterocycles. The van der Waals surface area contributed by atoms with E-state index in [9.17, 15) is 28.0 Å². The van der Waals surface area contributed by atoms with Crippen molar-refractivity contribution in [2.45, 2.75) is 89.3 Å². The van der Waals surface area contributed by atoms with E-state index in [0.717, 1.165) is 16.7 Å². The number of imidazole rings is 1. The van der Waals surface area contributed by atoms with Gasteiger partial charge in [-0.25, -0.2) is 19.3 Å². The molecule has 0 bridgehead atoms. The second-order valence-electron chi connectivity index (χ2n) is 19.0. The Bertz CT molecular complexity index is 3060. The lowest BCUT2D eigenvalue weighted by molar-refractivity contribution is -0.173. The molecule has 1 aliphatic heterocycles. The van der Waals surface area contributed by atoms with Crippen LogP contribution in [0.3, 0.4) is 0 Å². The zero-order valence-electron chi connectivity index (χ0n) is 45.1. The number of aromatic nitrogens is 4. The topological polar surface area (TPSA) is 197 Å². The van der Waals surface area contributed by atoms with Crippen molar-refractivity contribution in [3.63, 3.8) is 0 Å². The minimum Gasteiger partial charge on any atom is -0.497 e. The maximum atomic E-state index is 14.5. The summed E-state index contributed by atoms with van der Waals surface area (Å²) in [6, 6.07) is 45.0. The molecule has 0 aliphatic carbocycles. The van der Waals surface area contributed by atoms with Crippen molar-refractivity contribution in [3.8, 4) is 23.4 Å². The molecule has 2 N–H and O–H groups in total. The van der Waals surface area contributed by atoms with Crippen LogP contribution in [0.25, 0.3) is 11.2 Å². The Morgan fingerprint density at radius 1 is 0.800 bits per heavy atom. The Balaban J connectivity index is 1.21. The van der Waals surface area contributed by atoms with Crippen molar-refractivity contribution in [3.05, 3.63) is 163 Å². The summed E-state index contributed by atoms with van der Waals surface area (Å²) < 4.78 is 88.2. The van der Waals surface area contributed by atoms with Crippen LogP contribution in [-0.4, -0.2) is 107 Å². The minimum atomic E-state index is -5.05. The monoisotopic (exact) mass is 1120 g/mol. The normalized spacial score (nSPS) is 15.9. The standard InChI is InChI=1S/C58H63F3N9O9P/c1-39(2)70(40(3)4)80(76-35-16-32-62)79-48-36-50(77-49(48)37-75-57(41-18-10-7-11-19-41,42-24-28-46(73-5)29-25-42)43-26-30-47(74-6)31-27-43)68-38-65-51-52(68)66-55(64-34-17-33-63-54(71)58(59,60)61)67-53(51)78-56(72)69(44-20-12-8-13-21-44)45-22-14-9-15-23-45/h7-15,18-31,38-40,48-50H,16-17,33-37H2,1-6H3,(H,63,71)(H,64,66,67)/t48-,49+,50+,80?/m0/s1. The predicted molar refractivity (Wildman–Crippen MR) is 295 cm³/mol. The molecular weight excluding hydrogens is 1050 g/mol. The molecule has 22 heteroatoms. The molecule has 7 aromatic rings. The van der Waals surface area contributed by atoms with E-state index in [-0.39, 0.29) is 80.6 Å². The number of methoxy groups -OCH3 is 2. The summed E-state index contributed by atoms with van der Waals surface area (Å²) in [7, 11) is 1.38. The van der Waals surface area contributed by atoms with Crippen LogP contribution in [0.1, 0.15) is 69.9 Å². The Hall–Kier alpha value is -7.70. The third kappa shape index (κ3) is 13.8. The first-order valence-electron chi connectivity index (χ1n) is 26.0. The van der Waals surface area contributed by atoms with Gasteiger partial charge in [-0.05, 0) is 99.3 Å². The lowest BCUT2D eigenvalue weighted by Gasteiger charge is -2.39. The first-order chi connectivity index (χ1) is 38.6. The number of ether oxygens (including phenoxy) is 5. The highest BCUT2D eigenvalue weighted by Crippen LogP contribution is 2.51. The van der Waals surface area contributed by atoms with Crippen LogP contribution in [-0.2, 0) is 28.9 Å². The van der Waals surface area contributed by atoms with Gasteiger partial charge in [-0.1, -0.05) is 91.0 Å². The number of rotatable bonds is 25. The molecule has 18 nitrogen and oxygen atoms in total. The van der Waals surface area contributed by atoms with Gasteiger partial charge >= 0.3 is 18.2 Å². The van der Waals surface area contributed by atoms with Crippen LogP contribution in [0.4, 0.5) is 35.3 Å². The highest BCUT2D eigenvalue weighted by molar-refractivity contribution is 7.44. The number of benzene rings is 5. The first kappa shape index (κ1) is 58.4. The Labute approximate surface area is 463 Å². The summed E-state index contributed by atoms with van der Waals surface area (Å²) in [6.45, 7) is 7.93. The van der Waals surface area contributed by atoms with Gasteiger partial charge in [0.2, 0.25) is 5.95 Å². The van der Waals surface area contributed by atoms with Gasteiger partial charge in [0, 0.05) is 31.6 Å². The fourth-order valence-corrected chi connectivity index (χ4v) is 11.1. The molecule has 1 saturated heterocycles. The molecule has 2 amide bonds. The molecule has 2 aromatic heterocycles. The number of anilines is 3. The molecule has 4 atom stereocenters. The lowest BCUT2D eigenvalue weighted by Crippen LogP contribution is -2.39. The van der Waals surface area contributed by atoms with Crippen molar-refractivity contribution in [1.82, 2.24) is 29.5 Å². The van der Waals surface area contributed by atoms with Gasteiger partial charge in [0.15, 0.2) is 11.2 Å². The van der Waals surface area contributed by atoms with Crippen molar-refractivity contribution in [1.29, 1.82) is 5.26 Å². The third-order valence-electron chi connectivity index (χ3n) is 13.0. The Morgan fingerprint density at radius 2 is 1.36 bits per heavy atom. The molecule has 8 rings (SSSR count). The fourth-order valence-electron chi connectivity index (χ4n) is 9.31. The number of hydrogen-bond donors (Lipinski definition) is 2. The first-order valence-corrected chi connectivity index (χ1v) is 27.1. The van der Waals surface area contributed by atoms with Gasteiger partial charge in [-0.15, -0.1) is 0 Å². The third-order valence-corrected chi connectivity index (χ3v) is 15.1. The van der Waals surface area contributed by atoms with E-state index >= 15 is 0 Å². The molecule has 80 heavy (non-hydrogen) atoms. The van der Waals surface area contributed by atoms with Crippen LogP contribution < -0.4 is 29.7 Å². The average molecular weight is 1120 g/mol. The summed E-state index contributed by atoms with van der Waals surface area (Å²) in [5, 5.41) is 14.5.